The molecule has 0 saturated heterocycles. The molecule has 2 N–H and O–H groups in total. The van der Waals surface area contributed by atoms with Crippen LogP contribution >= 0.6 is 0 Å². The number of rotatable bonds is 4. The monoisotopic (exact) mass is 455 g/mol. The first kappa shape index (κ1) is 25.7. The number of nitrogens with zero attached hydrogens (tertiary/aromatic N) is 1. The molecular formula is C31H41N3. The average Bonchev–Trinajstić information content (AvgIpc) is 2.73. The van der Waals surface area contributed by atoms with Crippen LogP contribution in [0.15, 0.2) is 65.8 Å². The van der Waals surface area contributed by atoms with Crippen LogP contribution in [0, 0.1) is 10.8 Å². The molecule has 0 heterocycles. The van der Waals surface area contributed by atoms with Crippen molar-refractivity contribution in [1.29, 1.82) is 5.41 Å². The fraction of sp³-hybridized carbons (Fsp3) is 0.419. The molecule has 2 aromatic carbocycles. The molecule has 0 atom stereocenters. The summed E-state index contributed by atoms with van der Waals surface area (Å²) in [6, 6.07) is 17.3. The maximum Gasteiger partial charge on any atom is 0.116 e. The Morgan fingerprint density at radius 1 is 0.647 bits per heavy atom. The highest BCUT2D eigenvalue weighted by atomic mass is 15.3. The van der Waals surface area contributed by atoms with Gasteiger partial charge in [-0.2, -0.15) is 5.10 Å². The van der Waals surface area contributed by atoms with Crippen LogP contribution in [-0.4, -0.2) is 18.0 Å². The van der Waals surface area contributed by atoms with Crippen molar-refractivity contribution in [2.75, 3.05) is 6.54 Å². The van der Waals surface area contributed by atoms with Crippen molar-refractivity contribution < 1.29 is 0 Å². The van der Waals surface area contributed by atoms with Crippen molar-refractivity contribution in [3.8, 4) is 0 Å². The van der Waals surface area contributed by atoms with E-state index >= 15 is 0 Å². The molecule has 0 aliphatic heterocycles. The van der Waals surface area contributed by atoms with Crippen LogP contribution in [0.1, 0.15) is 84.6 Å². The first-order chi connectivity index (χ1) is 15.7. The third kappa shape index (κ3) is 6.14. The van der Waals surface area contributed by atoms with Gasteiger partial charge in [-0.1, -0.05) is 123 Å². The molecule has 1 aliphatic carbocycles. The van der Waals surface area contributed by atoms with E-state index in [9.17, 15) is 0 Å². The van der Waals surface area contributed by atoms with Gasteiger partial charge in [0, 0.05) is 17.7 Å². The summed E-state index contributed by atoms with van der Waals surface area (Å²) in [4.78, 5) is 0. The number of benzene rings is 2. The van der Waals surface area contributed by atoms with E-state index in [4.69, 9.17) is 10.5 Å². The lowest BCUT2D eigenvalue weighted by molar-refractivity contribution is 0.386. The SMILES string of the molecule is CC(C)(C)CN/N=C1\C(=N)C(c2ccc(C(C)(C)C)cc2)=CC=C1c1ccc(C(C)(C)C)cc1. The van der Waals surface area contributed by atoms with Crippen molar-refractivity contribution >= 4 is 22.6 Å². The normalized spacial score (nSPS) is 16.4. The van der Waals surface area contributed by atoms with Gasteiger partial charge in [0.05, 0.1) is 5.71 Å². The number of nitrogens with one attached hydrogen (secondary N) is 2. The highest BCUT2D eigenvalue weighted by Crippen LogP contribution is 2.31. The van der Waals surface area contributed by atoms with Crippen LogP contribution in [0.5, 0.6) is 0 Å². The molecular weight excluding hydrogens is 414 g/mol. The minimum atomic E-state index is 0.0978. The molecule has 3 heteroatoms. The van der Waals surface area contributed by atoms with Crippen LogP contribution < -0.4 is 5.43 Å². The standard InChI is InChI=1S/C31H41N3/c1-29(2,3)20-33-34-28-26(22-12-16-24(17-13-22)31(7,8)9)19-18-25(27(28)32)21-10-14-23(15-11-21)30(4,5)6/h10-19,32-33H,20H2,1-9H3/b32-27?,34-28-. The van der Waals surface area contributed by atoms with Crippen molar-refractivity contribution in [1.82, 2.24) is 5.43 Å². The smallest absolute Gasteiger partial charge is 0.116 e. The Hall–Kier alpha value is -2.94. The largest absolute Gasteiger partial charge is 0.309 e. The van der Waals surface area contributed by atoms with E-state index in [1.807, 2.05) is 0 Å². The van der Waals surface area contributed by atoms with Gasteiger partial charge in [0.15, 0.2) is 0 Å². The van der Waals surface area contributed by atoms with E-state index < -0.39 is 0 Å². The summed E-state index contributed by atoms with van der Waals surface area (Å²) >= 11 is 0. The second-order valence-corrected chi connectivity index (χ2v) is 12.5. The molecule has 2 aromatic rings. The predicted octanol–water partition coefficient (Wildman–Crippen LogP) is 7.77. The quantitative estimate of drug-likeness (QED) is 0.359. The molecule has 180 valence electrons. The van der Waals surface area contributed by atoms with Gasteiger partial charge < -0.3 is 5.43 Å². The first-order valence-electron chi connectivity index (χ1n) is 12.2. The van der Waals surface area contributed by atoms with E-state index in [1.54, 1.807) is 0 Å². The van der Waals surface area contributed by atoms with E-state index in [1.165, 1.54) is 11.1 Å². The van der Waals surface area contributed by atoms with Crippen LogP contribution in [0.3, 0.4) is 0 Å². The molecule has 1 aliphatic rings. The van der Waals surface area contributed by atoms with Crippen LogP contribution in [0.2, 0.25) is 0 Å². The summed E-state index contributed by atoms with van der Waals surface area (Å²) in [7, 11) is 0. The summed E-state index contributed by atoms with van der Waals surface area (Å²) in [5.41, 5.74) is 11.2. The molecule has 0 saturated carbocycles. The van der Waals surface area contributed by atoms with Gasteiger partial charge in [-0.3, -0.25) is 5.41 Å². The zero-order valence-corrected chi connectivity index (χ0v) is 22.4. The zero-order chi connectivity index (χ0) is 25.3. The third-order valence-electron chi connectivity index (χ3n) is 6.10. The van der Waals surface area contributed by atoms with E-state index in [0.29, 0.717) is 11.4 Å². The number of hydrogen-bond acceptors (Lipinski definition) is 3. The second kappa shape index (κ2) is 9.37. The summed E-state index contributed by atoms with van der Waals surface area (Å²) in [6.07, 6.45) is 4.17. The predicted molar refractivity (Wildman–Crippen MR) is 149 cm³/mol. The molecule has 0 bridgehead atoms. The Morgan fingerprint density at radius 2 is 1.06 bits per heavy atom. The van der Waals surface area contributed by atoms with Crippen molar-refractivity contribution in [2.24, 2.45) is 10.5 Å². The van der Waals surface area contributed by atoms with Gasteiger partial charge in [-0.05, 0) is 38.5 Å². The Morgan fingerprint density at radius 3 is 1.47 bits per heavy atom. The maximum absolute atomic E-state index is 9.09. The fourth-order valence-corrected chi connectivity index (χ4v) is 3.84. The molecule has 0 radical (unpaired) electrons. The number of allylic oxidation sites excluding steroid dienone is 4. The third-order valence-corrected chi connectivity index (χ3v) is 6.10. The van der Waals surface area contributed by atoms with Gasteiger partial charge in [-0.15, -0.1) is 0 Å². The van der Waals surface area contributed by atoms with E-state index in [-0.39, 0.29) is 16.2 Å². The van der Waals surface area contributed by atoms with Crippen LogP contribution in [0.25, 0.3) is 11.1 Å². The lowest BCUT2D eigenvalue weighted by atomic mass is 9.82. The van der Waals surface area contributed by atoms with Gasteiger partial charge >= 0.3 is 0 Å². The van der Waals surface area contributed by atoms with Gasteiger partial charge in [0.1, 0.15) is 5.71 Å². The van der Waals surface area contributed by atoms with Crippen molar-refractivity contribution in [3.63, 3.8) is 0 Å². The topological polar surface area (TPSA) is 48.2 Å². The lowest BCUT2D eigenvalue weighted by Crippen LogP contribution is -2.28. The Bertz CT molecular complexity index is 1120. The number of hydrazone groups is 1. The zero-order valence-electron chi connectivity index (χ0n) is 22.4. The minimum absolute atomic E-state index is 0.0978. The molecule has 3 rings (SSSR count). The first-order valence-corrected chi connectivity index (χ1v) is 12.2. The van der Waals surface area contributed by atoms with Crippen LogP contribution in [0.4, 0.5) is 0 Å². The van der Waals surface area contributed by atoms with Crippen molar-refractivity contribution in [3.05, 3.63) is 82.9 Å². The fourth-order valence-electron chi connectivity index (χ4n) is 3.84. The summed E-state index contributed by atoms with van der Waals surface area (Å²) in [5, 5.41) is 13.8. The van der Waals surface area contributed by atoms with Gasteiger partial charge in [0.25, 0.3) is 0 Å². The average molecular weight is 456 g/mol. The summed E-state index contributed by atoms with van der Waals surface area (Å²) < 4.78 is 0. The van der Waals surface area contributed by atoms with Gasteiger partial charge in [-0.25, -0.2) is 0 Å². The highest BCUT2D eigenvalue weighted by Gasteiger charge is 2.24. The Balaban J connectivity index is 2.03. The van der Waals surface area contributed by atoms with E-state index in [0.717, 1.165) is 28.8 Å². The van der Waals surface area contributed by atoms with Gasteiger partial charge in [0.2, 0.25) is 0 Å². The second-order valence-electron chi connectivity index (χ2n) is 12.5. The summed E-state index contributed by atoms with van der Waals surface area (Å²) in [5.74, 6) is 0. The van der Waals surface area contributed by atoms with Crippen molar-refractivity contribution in [2.45, 2.75) is 73.1 Å². The maximum atomic E-state index is 9.09. The highest BCUT2D eigenvalue weighted by molar-refractivity contribution is 6.69. The minimum Gasteiger partial charge on any atom is -0.309 e. The molecule has 0 aromatic heterocycles. The molecule has 0 amide bonds. The Kier molecular flexibility index (Phi) is 7.07. The summed E-state index contributed by atoms with van der Waals surface area (Å²) in [6.45, 7) is 20.6. The molecule has 0 spiro atoms. The molecule has 0 unspecified atom stereocenters. The van der Waals surface area contributed by atoms with Crippen LogP contribution in [-0.2, 0) is 10.8 Å². The van der Waals surface area contributed by atoms with E-state index in [2.05, 4.69) is 128 Å². The number of hydrogen-bond donors (Lipinski definition) is 2. The lowest BCUT2D eigenvalue weighted by Gasteiger charge is -2.23. The molecule has 34 heavy (non-hydrogen) atoms. The Labute approximate surface area is 206 Å². The molecule has 0 fully saturated rings. The molecule has 3 nitrogen and oxygen atoms in total.